The second-order valence-corrected chi connectivity index (χ2v) is 3.01. The Morgan fingerprint density at radius 2 is 2.38 bits per heavy atom. The van der Waals surface area contributed by atoms with E-state index in [-0.39, 0.29) is 11.4 Å². The maximum atomic E-state index is 11.3. The van der Waals surface area contributed by atoms with Crippen LogP contribution in [-0.2, 0) is 6.54 Å². The Morgan fingerprint density at radius 1 is 1.69 bits per heavy atom. The van der Waals surface area contributed by atoms with Gasteiger partial charge in [0.2, 0.25) is 0 Å². The van der Waals surface area contributed by atoms with E-state index in [2.05, 4.69) is 0 Å². The molecule has 0 unspecified atom stereocenters. The van der Waals surface area contributed by atoms with E-state index in [1.165, 1.54) is 0 Å². The van der Waals surface area contributed by atoms with Gasteiger partial charge in [0.15, 0.2) is 0 Å². The lowest BCUT2D eigenvalue weighted by atomic mass is 10.3. The molecule has 0 aromatic carbocycles. The van der Waals surface area contributed by atoms with E-state index in [0.717, 1.165) is 5.56 Å². The standard InChI is InChI=1S/C9H13N3O/c1-7-2-4-12(9(13)6-7)5-3-8(10)11/h2,4,6H,3,5H2,1H3,(H3,10,11). The van der Waals surface area contributed by atoms with E-state index in [0.29, 0.717) is 13.0 Å². The Morgan fingerprint density at radius 3 is 2.92 bits per heavy atom. The van der Waals surface area contributed by atoms with Gasteiger partial charge in [-0.25, -0.2) is 0 Å². The first kappa shape index (κ1) is 9.51. The van der Waals surface area contributed by atoms with E-state index >= 15 is 0 Å². The van der Waals surface area contributed by atoms with Crippen molar-refractivity contribution in [1.29, 1.82) is 5.41 Å². The molecule has 1 aromatic heterocycles. The quantitative estimate of drug-likeness (QED) is 0.523. The molecule has 4 nitrogen and oxygen atoms in total. The van der Waals surface area contributed by atoms with E-state index in [1.807, 2.05) is 13.0 Å². The summed E-state index contributed by atoms with van der Waals surface area (Å²) in [6.07, 6.45) is 2.14. The monoisotopic (exact) mass is 179 g/mol. The fourth-order valence-corrected chi connectivity index (χ4v) is 1.03. The van der Waals surface area contributed by atoms with E-state index < -0.39 is 0 Å². The summed E-state index contributed by atoms with van der Waals surface area (Å²) in [5.41, 5.74) is 6.10. The third-order valence-electron chi connectivity index (χ3n) is 1.77. The first-order valence-corrected chi connectivity index (χ1v) is 4.09. The van der Waals surface area contributed by atoms with Crippen molar-refractivity contribution in [2.45, 2.75) is 19.9 Å². The first-order chi connectivity index (χ1) is 6.09. The van der Waals surface area contributed by atoms with Crippen molar-refractivity contribution in [3.8, 4) is 0 Å². The average molecular weight is 179 g/mol. The smallest absolute Gasteiger partial charge is 0.250 e. The van der Waals surface area contributed by atoms with Gasteiger partial charge in [0.25, 0.3) is 5.56 Å². The Balaban J connectivity index is 2.78. The third-order valence-corrected chi connectivity index (χ3v) is 1.77. The molecule has 0 fully saturated rings. The van der Waals surface area contributed by atoms with Gasteiger partial charge in [-0.3, -0.25) is 10.2 Å². The topological polar surface area (TPSA) is 71.9 Å². The molecule has 0 bridgehead atoms. The maximum absolute atomic E-state index is 11.3. The van der Waals surface area contributed by atoms with Crippen LogP contribution in [0.25, 0.3) is 0 Å². The summed E-state index contributed by atoms with van der Waals surface area (Å²) in [5, 5.41) is 7.02. The predicted octanol–water partition coefficient (Wildman–Crippen LogP) is 0.483. The van der Waals surface area contributed by atoms with Crippen LogP contribution in [-0.4, -0.2) is 10.4 Å². The van der Waals surface area contributed by atoms with Crippen LogP contribution >= 0.6 is 0 Å². The van der Waals surface area contributed by atoms with Crippen LogP contribution in [0.3, 0.4) is 0 Å². The van der Waals surface area contributed by atoms with Gasteiger partial charge < -0.3 is 10.3 Å². The predicted molar refractivity (Wildman–Crippen MR) is 52.0 cm³/mol. The number of nitrogens with two attached hydrogens (primary N) is 1. The van der Waals surface area contributed by atoms with Gasteiger partial charge in [-0.1, -0.05) is 0 Å². The van der Waals surface area contributed by atoms with Gasteiger partial charge in [-0.05, 0) is 18.6 Å². The van der Waals surface area contributed by atoms with Gasteiger partial charge in [0, 0.05) is 25.2 Å². The summed E-state index contributed by atoms with van der Waals surface area (Å²) < 4.78 is 1.55. The molecule has 1 rings (SSSR count). The molecule has 13 heavy (non-hydrogen) atoms. The number of nitrogens with zero attached hydrogens (tertiary/aromatic N) is 1. The SMILES string of the molecule is Cc1ccn(CCC(=N)N)c(=O)c1. The van der Waals surface area contributed by atoms with Crippen LogP contribution in [0.5, 0.6) is 0 Å². The molecule has 0 saturated heterocycles. The van der Waals surface area contributed by atoms with Crippen molar-refractivity contribution in [3.63, 3.8) is 0 Å². The Hall–Kier alpha value is -1.58. The molecule has 1 aromatic rings. The zero-order valence-corrected chi connectivity index (χ0v) is 7.58. The van der Waals surface area contributed by atoms with E-state index in [9.17, 15) is 4.79 Å². The highest BCUT2D eigenvalue weighted by molar-refractivity contribution is 5.76. The molecule has 0 amide bonds. The average Bonchev–Trinajstić information content (AvgIpc) is 2.02. The molecule has 0 aliphatic carbocycles. The van der Waals surface area contributed by atoms with Crippen LogP contribution in [0, 0.1) is 12.3 Å². The minimum Gasteiger partial charge on any atom is -0.388 e. The van der Waals surface area contributed by atoms with E-state index in [4.69, 9.17) is 11.1 Å². The minimum atomic E-state index is -0.0405. The van der Waals surface area contributed by atoms with Gasteiger partial charge >= 0.3 is 0 Å². The molecular weight excluding hydrogens is 166 g/mol. The van der Waals surface area contributed by atoms with Gasteiger partial charge in [0.05, 0.1) is 5.84 Å². The summed E-state index contributed by atoms with van der Waals surface area (Å²) in [5.74, 6) is 0.104. The summed E-state index contributed by atoms with van der Waals surface area (Å²) in [6, 6.07) is 3.43. The largest absolute Gasteiger partial charge is 0.388 e. The number of aromatic nitrogens is 1. The highest BCUT2D eigenvalue weighted by Gasteiger charge is 1.96. The molecule has 0 aliphatic rings. The molecule has 0 aliphatic heterocycles. The van der Waals surface area contributed by atoms with Crippen LogP contribution in [0.15, 0.2) is 23.1 Å². The molecule has 3 N–H and O–H groups in total. The minimum absolute atomic E-state index is 0.0405. The Kier molecular flexibility index (Phi) is 2.84. The fraction of sp³-hybridized carbons (Fsp3) is 0.333. The highest BCUT2D eigenvalue weighted by atomic mass is 16.1. The number of rotatable bonds is 3. The normalized spacial score (nSPS) is 9.92. The van der Waals surface area contributed by atoms with E-state index in [1.54, 1.807) is 16.8 Å². The van der Waals surface area contributed by atoms with Crippen molar-refractivity contribution in [2.24, 2.45) is 5.73 Å². The number of nitrogens with one attached hydrogen (secondary N) is 1. The van der Waals surface area contributed by atoms with Crippen molar-refractivity contribution in [1.82, 2.24) is 4.57 Å². The van der Waals surface area contributed by atoms with Gasteiger partial charge in [-0.2, -0.15) is 0 Å². The van der Waals surface area contributed by atoms with Crippen LogP contribution in [0.2, 0.25) is 0 Å². The van der Waals surface area contributed by atoms with Crippen LogP contribution in [0.4, 0.5) is 0 Å². The molecule has 1 heterocycles. The second kappa shape index (κ2) is 3.89. The Bertz CT molecular complexity index is 367. The van der Waals surface area contributed by atoms with Crippen molar-refractivity contribution < 1.29 is 0 Å². The summed E-state index contributed by atoms with van der Waals surface area (Å²) in [7, 11) is 0. The highest BCUT2D eigenvalue weighted by Crippen LogP contribution is 1.92. The van der Waals surface area contributed by atoms with Gasteiger partial charge in [-0.15, -0.1) is 0 Å². The summed E-state index contributed by atoms with van der Waals surface area (Å²) >= 11 is 0. The first-order valence-electron chi connectivity index (χ1n) is 4.09. The summed E-state index contributed by atoms with van der Waals surface area (Å²) in [6.45, 7) is 2.35. The van der Waals surface area contributed by atoms with Crippen molar-refractivity contribution in [3.05, 3.63) is 34.2 Å². The van der Waals surface area contributed by atoms with Crippen molar-refractivity contribution >= 4 is 5.84 Å². The Labute approximate surface area is 76.5 Å². The zero-order chi connectivity index (χ0) is 9.84. The lowest BCUT2D eigenvalue weighted by Gasteiger charge is -2.03. The molecule has 0 saturated carbocycles. The van der Waals surface area contributed by atoms with Gasteiger partial charge in [0.1, 0.15) is 0 Å². The molecule has 70 valence electrons. The van der Waals surface area contributed by atoms with Crippen LogP contribution < -0.4 is 11.3 Å². The number of aryl methyl sites for hydroxylation is 2. The molecule has 0 radical (unpaired) electrons. The van der Waals surface area contributed by atoms with Crippen LogP contribution in [0.1, 0.15) is 12.0 Å². The fourth-order valence-electron chi connectivity index (χ4n) is 1.03. The maximum Gasteiger partial charge on any atom is 0.250 e. The molecular formula is C9H13N3O. The molecule has 4 heteroatoms. The number of amidine groups is 1. The molecule has 0 atom stereocenters. The number of pyridine rings is 1. The lowest BCUT2D eigenvalue weighted by molar-refractivity contribution is 0.690. The third kappa shape index (κ3) is 2.74. The number of hydrogen-bond donors (Lipinski definition) is 2. The van der Waals surface area contributed by atoms with Crippen molar-refractivity contribution in [2.75, 3.05) is 0 Å². The number of hydrogen-bond acceptors (Lipinski definition) is 2. The zero-order valence-electron chi connectivity index (χ0n) is 7.58. The second-order valence-electron chi connectivity index (χ2n) is 3.01. The summed E-state index contributed by atoms with van der Waals surface area (Å²) in [4.78, 5) is 11.3. The molecule has 0 spiro atoms. The lowest BCUT2D eigenvalue weighted by Crippen LogP contribution is -2.22.